The summed E-state index contributed by atoms with van der Waals surface area (Å²) >= 11 is 0. The average molecular weight is 369 g/mol. The lowest BCUT2D eigenvalue weighted by atomic mass is 10.1. The number of halogens is 1. The van der Waals surface area contributed by atoms with E-state index < -0.39 is 0 Å². The largest absolute Gasteiger partial charge is 0.340 e. The van der Waals surface area contributed by atoms with Crippen molar-refractivity contribution in [3.8, 4) is 0 Å². The van der Waals surface area contributed by atoms with Gasteiger partial charge in [0.15, 0.2) is 0 Å². The predicted octanol–water partition coefficient (Wildman–Crippen LogP) is 3.32. The summed E-state index contributed by atoms with van der Waals surface area (Å²) < 4.78 is 13.2. The van der Waals surface area contributed by atoms with Gasteiger partial charge in [0.25, 0.3) is 0 Å². The van der Waals surface area contributed by atoms with E-state index in [-0.39, 0.29) is 11.7 Å². The van der Waals surface area contributed by atoms with Crippen molar-refractivity contribution in [2.45, 2.75) is 32.1 Å². The number of aromatic nitrogens is 1. The predicted molar refractivity (Wildman–Crippen MR) is 105 cm³/mol. The highest BCUT2D eigenvalue weighted by molar-refractivity contribution is 5.76. The van der Waals surface area contributed by atoms with E-state index in [2.05, 4.69) is 16.0 Å². The first-order valence-corrected chi connectivity index (χ1v) is 9.84. The minimum Gasteiger partial charge on any atom is -0.340 e. The van der Waals surface area contributed by atoms with Crippen molar-refractivity contribution in [2.75, 3.05) is 32.7 Å². The smallest absolute Gasteiger partial charge is 0.222 e. The molecule has 0 aliphatic carbocycles. The molecule has 0 atom stereocenters. The Morgan fingerprint density at radius 1 is 1.00 bits per heavy atom. The number of piperazine rings is 1. The number of pyridine rings is 1. The van der Waals surface area contributed by atoms with Gasteiger partial charge in [-0.2, -0.15) is 0 Å². The van der Waals surface area contributed by atoms with Crippen molar-refractivity contribution in [3.05, 3.63) is 65.7 Å². The molecule has 144 valence electrons. The van der Waals surface area contributed by atoms with Gasteiger partial charge in [0.05, 0.1) is 0 Å². The molecule has 5 heteroatoms. The molecule has 2 heterocycles. The summed E-state index contributed by atoms with van der Waals surface area (Å²) in [5.74, 6) is 0.0986. The molecular weight excluding hydrogens is 341 g/mol. The Balaban J connectivity index is 1.30. The quantitative estimate of drug-likeness (QED) is 0.716. The molecule has 1 amide bonds. The lowest BCUT2D eigenvalue weighted by Gasteiger charge is -2.34. The van der Waals surface area contributed by atoms with E-state index in [0.29, 0.717) is 6.42 Å². The molecule has 0 radical (unpaired) electrons. The topological polar surface area (TPSA) is 36.4 Å². The fourth-order valence-corrected chi connectivity index (χ4v) is 3.57. The number of carbonyl (C=O) groups is 1. The van der Waals surface area contributed by atoms with Crippen LogP contribution in [-0.2, 0) is 17.6 Å². The normalized spacial score (nSPS) is 15.1. The summed E-state index contributed by atoms with van der Waals surface area (Å²) in [5, 5.41) is 0. The van der Waals surface area contributed by atoms with Gasteiger partial charge in [-0.1, -0.05) is 18.2 Å². The highest BCUT2D eigenvalue weighted by atomic mass is 19.1. The van der Waals surface area contributed by atoms with Crippen LogP contribution >= 0.6 is 0 Å². The van der Waals surface area contributed by atoms with Crippen LogP contribution in [0.15, 0.2) is 48.8 Å². The van der Waals surface area contributed by atoms with Gasteiger partial charge in [-0.3, -0.25) is 14.7 Å². The zero-order valence-electron chi connectivity index (χ0n) is 15.8. The third kappa shape index (κ3) is 6.43. The highest BCUT2D eigenvalue weighted by Gasteiger charge is 2.20. The summed E-state index contributed by atoms with van der Waals surface area (Å²) in [6.07, 6.45) is 7.93. The number of benzene rings is 1. The monoisotopic (exact) mass is 369 g/mol. The first-order valence-electron chi connectivity index (χ1n) is 9.84. The van der Waals surface area contributed by atoms with E-state index in [0.717, 1.165) is 64.0 Å². The fraction of sp³-hybridized carbons (Fsp3) is 0.455. The Hall–Kier alpha value is -2.27. The summed E-state index contributed by atoms with van der Waals surface area (Å²) in [5.41, 5.74) is 2.24. The van der Waals surface area contributed by atoms with Crippen molar-refractivity contribution < 1.29 is 9.18 Å². The molecule has 0 spiro atoms. The lowest BCUT2D eigenvalue weighted by Crippen LogP contribution is -2.48. The van der Waals surface area contributed by atoms with Crippen LogP contribution < -0.4 is 0 Å². The molecular formula is C22H28FN3O. The first kappa shape index (κ1) is 19.5. The SMILES string of the molecule is O=C(CCCc1cccnc1)N1CCN(CCCc2cccc(F)c2)CC1. The first-order chi connectivity index (χ1) is 13.2. The molecule has 0 bridgehead atoms. The second-order valence-corrected chi connectivity index (χ2v) is 7.17. The van der Waals surface area contributed by atoms with Crippen LogP contribution in [0.3, 0.4) is 0 Å². The number of nitrogens with zero attached hydrogens (tertiary/aromatic N) is 3. The van der Waals surface area contributed by atoms with Gasteiger partial charge in [0.1, 0.15) is 5.82 Å². The maximum Gasteiger partial charge on any atom is 0.222 e. The second-order valence-electron chi connectivity index (χ2n) is 7.17. The zero-order valence-corrected chi connectivity index (χ0v) is 15.8. The van der Waals surface area contributed by atoms with Gasteiger partial charge in [-0.05, 0) is 61.6 Å². The molecule has 1 aliphatic heterocycles. The van der Waals surface area contributed by atoms with Crippen LogP contribution in [0.1, 0.15) is 30.4 Å². The molecule has 1 aliphatic rings. The van der Waals surface area contributed by atoms with Gasteiger partial charge < -0.3 is 4.90 Å². The average Bonchev–Trinajstić information content (AvgIpc) is 2.69. The van der Waals surface area contributed by atoms with E-state index >= 15 is 0 Å². The zero-order chi connectivity index (χ0) is 18.9. The van der Waals surface area contributed by atoms with Crippen molar-refractivity contribution >= 4 is 5.91 Å². The van der Waals surface area contributed by atoms with E-state index in [1.807, 2.05) is 23.2 Å². The second kappa shape index (κ2) is 10.2. The summed E-state index contributed by atoms with van der Waals surface area (Å²) in [6, 6.07) is 10.8. The summed E-state index contributed by atoms with van der Waals surface area (Å²) in [4.78, 5) is 20.9. The molecule has 27 heavy (non-hydrogen) atoms. The molecule has 3 rings (SSSR count). The number of carbonyl (C=O) groups excluding carboxylic acids is 1. The molecule has 4 nitrogen and oxygen atoms in total. The standard InChI is InChI=1S/C22H28FN3O/c23-21-9-1-5-19(17-21)8-4-12-25-13-15-26(16-14-25)22(27)10-2-6-20-7-3-11-24-18-20/h1,3,5,7,9,11,17-18H,2,4,6,8,10,12-16H2. The van der Waals surface area contributed by atoms with Gasteiger partial charge in [0, 0.05) is 45.0 Å². The summed E-state index contributed by atoms with van der Waals surface area (Å²) in [7, 11) is 0. The molecule has 1 aromatic carbocycles. The molecule has 1 fully saturated rings. The number of hydrogen-bond donors (Lipinski definition) is 0. The van der Waals surface area contributed by atoms with E-state index in [1.54, 1.807) is 18.3 Å². The molecule has 0 saturated carbocycles. The minimum atomic E-state index is -0.164. The summed E-state index contributed by atoms with van der Waals surface area (Å²) in [6.45, 7) is 4.48. The van der Waals surface area contributed by atoms with Crippen molar-refractivity contribution in [1.29, 1.82) is 0 Å². The van der Waals surface area contributed by atoms with Crippen LogP contribution in [0.25, 0.3) is 0 Å². The van der Waals surface area contributed by atoms with Crippen LogP contribution in [0.2, 0.25) is 0 Å². The van der Waals surface area contributed by atoms with Gasteiger partial charge in [-0.15, -0.1) is 0 Å². The van der Waals surface area contributed by atoms with Crippen LogP contribution in [0.4, 0.5) is 4.39 Å². The van der Waals surface area contributed by atoms with Crippen LogP contribution in [0.5, 0.6) is 0 Å². The molecule has 1 saturated heterocycles. The highest BCUT2D eigenvalue weighted by Crippen LogP contribution is 2.10. The lowest BCUT2D eigenvalue weighted by molar-refractivity contribution is -0.133. The van der Waals surface area contributed by atoms with Crippen LogP contribution in [-0.4, -0.2) is 53.4 Å². The number of hydrogen-bond acceptors (Lipinski definition) is 3. The Kier molecular flexibility index (Phi) is 7.34. The van der Waals surface area contributed by atoms with E-state index in [1.165, 1.54) is 11.6 Å². The van der Waals surface area contributed by atoms with Gasteiger partial charge in [-0.25, -0.2) is 4.39 Å². The Morgan fingerprint density at radius 3 is 2.52 bits per heavy atom. The Bertz CT molecular complexity index is 715. The van der Waals surface area contributed by atoms with Crippen molar-refractivity contribution in [3.63, 3.8) is 0 Å². The fourth-order valence-electron chi connectivity index (χ4n) is 3.57. The number of rotatable bonds is 8. The Morgan fingerprint density at radius 2 is 1.78 bits per heavy atom. The van der Waals surface area contributed by atoms with Crippen LogP contribution in [0, 0.1) is 5.82 Å². The number of aryl methyl sites for hydroxylation is 2. The molecule has 1 aromatic heterocycles. The maximum atomic E-state index is 13.2. The molecule has 0 N–H and O–H groups in total. The molecule has 0 unspecified atom stereocenters. The molecule has 2 aromatic rings. The van der Waals surface area contributed by atoms with E-state index in [9.17, 15) is 9.18 Å². The van der Waals surface area contributed by atoms with Gasteiger partial charge in [0.2, 0.25) is 5.91 Å². The van der Waals surface area contributed by atoms with E-state index in [4.69, 9.17) is 0 Å². The third-order valence-electron chi connectivity index (χ3n) is 5.13. The third-order valence-corrected chi connectivity index (χ3v) is 5.13. The number of amides is 1. The van der Waals surface area contributed by atoms with Gasteiger partial charge >= 0.3 is 0 Å². The minimum absolute atomic E-state index is 0.164. The van der Waals surface area contributed by atoms with Crippen molar-refractivity contribution in [1.82, 2.24) is 14.8 Å². The maximum absolute atomic E-state index is 13.2. The Labute approximate surface area is 161 Å². The van der Waals surface area contributed by atoms with Crippen molar-refractivity contribution in [2.24, 2.45) is 0 Å².